The van der Waals surface area contributed by atoms with Gasteiger partial charge in [-0.05, 0) is 37.5 Å². The van der Waals surface area contributed by atoms with E-state index in [1.54, 1.807) is 9.80 Å². The average Bonchev–Trinajstić information content (AvgIpc) is 2.25. The molecular formula is C14H22N2O2. The van der Waals surface area contributed by atoms with Gasteiger partial charge in [-0.1, -0.05) is 12.8 Å². The van der Waals surface area contributed by atoms with Crippen molar-refractivity contribution >= 4 is 11.8 Å². The van der Waals surface area contributed by atoms with Crippen molar-refractivity contribution in [3.63, 3.8) is 0 Å². The second-order valence-corrected chi connectivity index (χ2v) is 6.10. The summed E-state index contributed by atoms with van der Waals surface area (Å²) in [6.45, 7) is 3.10. The van der Waals surface area contributed by atoms with E-state index in [2.05, 4.69) is 0 Å². The first-order valence-electron chi connectivity index (χ1n) is 7.32. The van der Waals surface area contributed by atoms with Crippen molar-refractivity contribution in [2.45, 2.75) is 38.5 Å². The normalized spacial score (nSPS) is 26.2. The Bertz CT molecular complexity index is 314. The van der Waals surface area contributed by atoms with E-state index < -0.39 is 0 Å². The predicted molar refractivity (Wildman–Crippen MR) is 67.8 cm³/mol. The highest BCUT2D eigenvalue weighted by atomic mass is 16.2. The number of nitrogens with zero attached hydrogens (tertiary/aromatic N) is 2. The van der Waals surface area contributed by atoms with Crippen LogP contribution in [-0.4, -0.2) is 47.8 Å². The maximum absolute atomic E-state index is 12.0. The summed E-state index contributed by atoms with van der Waals surface area (Å²) in [7, 11) is 0. The third kappa shape index (κ3) is 2.25. The quantitative estimate of drug-likeness (QED) is 0.705. The van der Waals surface area contributed by atoms with E-state index in [1.807, 2.05) is 0 Å². The second-order valence-electron chi connectivity index (χ2n) is 6.10. The van der Waals surface area contributed by atoms with Crippen LogP contribution >= 0.6 is 0 Å². The lowest BCUT2D eigenvalue weighted by molar-refractivity contribution is -0.157. The molecule has 1 aliphatic heterocycles. The fraction of sp³-hybridized carbons (Fsp3) is 0.857. The van der Waals surface area contributed by atoms with Gasteiger partial charge in [0.2, 0.25) is 0 Å². The van der Waals surface area contributed by atoms with Gasteiger partial charge in [-0.25, -0.2) is 0 Å². The summed E-state index contributed by atoms with van der Waals surface area (Å²) in [6, 6.07) is 0. The molecule has 3 rings (SSSR count). The minimum atomic E-state index is -0.257. The molecule has 100 valence electrons. The molecule has 4 heteroatoms. The van der Waals surface area contributed by atoms with E-state index in [1.165, 1.54) is 38.5 Å². The van der Waals surface area contributed by atoms with Gasteiger partial charge in [-0.3, -0.25) is 9.59 Å². The van der Waals surface area contributed by atoms with Crippen LogP contribution in [0.1, 0.15) is 38.5 Å². The molecule has 1 heterocycles. The molecule has 0 atom stereocenters. The molecule has 0 unspecified atom stereocenters. The number of hydrogen-bond donors (Lipinski definition) is 0. The van der Waals surface area contributed by atoms with Crippen molar-refractivity contribution in [2.75, 3.05) is 26.2 Å². The lowest BCUT2D eigenvalue weighted by Gasteiger charge is -2.39. The Labute approximate surface area is 108 Å². The summed E-state index contributed by atoms with van der Waals surface area (Å²) in [5, 5.41) is 0. The number of amides is 2. The third-order valence-corrected chi connectivity index (χ3v) is 4.80. The molecule has 4 nitrogen and oxygen atoms in total. The van der Waals surface area contributed by atoms with Crippen LogP contribution in [-0.2, 0) is 9.59 Å². The zero-order chi connectivity index (χ0) is 12.5. The first-order valence-corrected chi connectivity index (χ1v) is 7.32. The zero-order valence-corrected chi connectivity index (χ0v) is 10.9. The number of piperazine rings is 1. The number of hydrogen-bond acceptors (Lipinski definition) is 2. The van der Waals surface area contributed by atoms with E-state index in [9.17, 15) is 9.59 Å². The van der Waals surface area contributed by atoms with Gasteiger partial charge in [0.05, 0.1) is 0 Å². The van der Waals surface area contributed by atoms with Crippen molar-refractivity contribution in [3.05, 3.63) is 0 Å². The van der Waals surface area contributed by atoms with Gasteiger partial charge in [-0.2, -0.15) is 0 Å². The van der Waals surface area contributed by atoms with Crippen molar-refractivity contribution in [3.8, 4) is 0 Å². The molecule has 0 bridgehead atoms. The SMILES string of the molecule is O=C1C(=O)N(CC2CCC2)CCN1CC1CCC1. The molecule has 0 aromatic heterocycles. The first kappa shape index (κ1) is 12.0. The van der Waals surface area contributed by atoms with E-state index in [-0.39, 0.29) is 11.8 Å². The molecule has 0 radical (unpaired) electrons. The molecule has 0 aromatic carbocycles. The van der Waals surface area contributed by atoms with E-state index in [4.69, 9.17) is 0 Å². The molecule has 2 aliphatic carbocycles. The molecule has 2 saturated carbocycles. The predicted octanol–water partition coefficient (Wildman–Crippen LogP) is 1.26. The molecule has 3 fully saturated rings. The number of carbonyl (C=O) groups is 2. The van der Waals surface area contributed by atoms with Crippen molar-refractivity contribution < 1.29 is 9.59 Å². The Morgan fingerprint density at radius 3 is 1.44 bits per heavy atom. The fourth-order valence-corrected chi connectivity index (χ4v) is 3.04. The molecule has 0 N–H and O–H groups in total. The highest BCUT2D eigenvalue weighted by Gasteiger charge is 2.35. The fourth-order valence-electron chi connectivity index (χ4n) is 3.04. The average molecular weight is 250 g/mol. The summed E-state index contributed by atoms with van der Waals surface area (Å²) in [5.41, 5.74) is 0. The molecule has 1 saturated heterocycles. The molecular weight excluding hydrogens is 228 g/mol. The maximum Gasteiger partial charge on any atom is 0.312 e. The standard InChI is InChI=1S/C14H22N2O2/c17-13-14(18)16(10-12-5-2-6-12)8-7-15(13)9-11-3-1-4-11/h11-12H,1-10H2. The van der Waals surface area contributed by atoms with Crippen LogP contribution in [0, 0.1) is 11.8 Å². The van der Waals surface area contributed by atoms with Gasteiger partial charge in [0, 0.05) is 26.2 Å². The zero-order valence-electron chi connectivity index (χ0n) is 10.9. The Balaban J connectivity index is 1.53. The topological polar surface area (TPSA) is 40.6 Å². The number of carbonyl (C=O) groups excluding carboxylic acids is 2. The second kappa shape index (κ2) is 4.90. The molecule has 2 amide bonds. The minimum Gasteiger partial charge on any atom is -0.332 e. The lowest BCUT2D eigenvalue weighted by Crippen LogP contribution is -2.56. The smallest absolute Gasteiger partial charge is 0.312 e. The summed E-state index contributed by atoms with van der Waals surface area (Å²) >= 11 is 0. The van der Waals surface area contributed by atoms with Gasteiger partial charge in [0.25, 0.3) is 0 Å². The van der Waals surface area contributed by atoms with E-state index >= 15 is 0 Å². The van der Waals surface area contributed by atoms with Gasteiger partial charge in [-0.15, -0.1) is 0 Å². The van der Waals surface area contributed by atoms with Crippen LogP contribution in [0.4, 0.5) is 0 Å². The van der Waals surface area contributed by atoms with Crippen LogP contribution in [0.15, 0.2) is 0 Å². The van der Waals surface area contributed by atoms with Gasteiger partial charge >= 0.3 is 11.8 Å². The van der Waals surface area contributed by atoms with Crippen LogP contribution in [0.3, 0.4) is 0 Å². The minimum absolute atomic E-state index is 0.257. The molecule has 0 aromatic rings. The lowest BCUT2D eigenvalue weighted by atomic mass is 9.84. The van der Waals surface area contributed by atoms with Crippen molar-refractivity contribution in [2.24, 2.45) is 11.8 Å². The molecule has 3 aliphatic rings. The largest absolute Gasteiger partial charge is 0.332 e. The monoisotopic (exact) mass is 250 g/mol. The van der Waals surface area contributed by atoms with Gasteiger partial charge in [0.15, 0.2) is 0 Å². The van der Waals surface area contributed by atoms with Crippen LogP contribution < -0.4 is 0 Å². The van der Waals surface area contributed by atoms with Crippen molar-refractivity contribution in [1.82, 2.24) is 9.80 Å². The van der Waals surface area contributed by atoms with Crippen LogP contribution in [0.2, 0.25) is 0 Å². The Morgan fingerprint density at radius 1 is 0.778 bits per heavy atom. The highest BCUT2D eigenvalue weighted by Crippen LogP contribution is 2.29. The Hall–Kier alpha value is -1.06. The Morgan fingerprint density at radius 2 is 1.17 bits per heavy atom. The highest BCUT2D eigenvalue weighted by molar-refractivity contribution is 6.35. The summed E-state index contributed by atoms with van der Waals surface area (Å²) < 4.78 is 0. The van der Waals surface area contributed by atoms with E-state index in [0.29, 0.717) is 11.8 Å². The summed E-state index contributed by atoms with van der Waals surface area (Å²) in [5.74, 6) is 0.791. The first-order chi connectivity index (χ1) is 8.74. The number of rotatable bonds is 4. The third-order valence-electron chi connectivity index (χ3n) is 4.80. The van der Waals surface area contributed by atoms with E-state index in [0.717, 1.165) is 26.2 Å². The molecule has 18 heavy (non-hydrogen) atoms. The Kier molecular flexibility index (Phi) is 3.27. The van der Waals surface area contributed by atoms with Crippen molar-refractivity contribution in [1.29, 1.82) is 0 Å². The summed E-state index contributed by atoms with van der Waals surface area (Å²) in [6.07, 6.45) is 7.48. The molecule has 0 spiro atoms. The maximum atomic E-state index is 12.0. The van der Waals surface area contributed by atoms with Gasteiger partial charge < -0.3 is 9.80 Å². The van der Waals surface area contributed by atoms with Crippen LogP contribution in [0.25, 0.3) is 0 Å². The van der Waals surface area contributed by atoms with Crippen LogP contribution in [0.5, 0.6) is 0 Å². The summed E-state index contributed by atoms with van der Waals surface area (Å²) in [4.78, 5) is 27.6. The van der Waals surface area contributed by atoms with Gasteiger partial charge in [0.1, 0.15) is 0 Å².